The van der Waals surface area contributed by atoms with E-state index in [1.54, 1.807) is 0 Å². The first-order valence-corrected chi connectivity index (χ1v) is 3.05. The molecule has 0 aliphatic heterocycles. The maximum atomic E-state index is 8.58. The van der Waals surface area contributed by atoms with Gasteiger partial charge in [-0.2, -0.15) is 0 Å². The van der Waals surface area contributed by atoms with E-state index in [4.69, 9.17) is 10.2 Å². The van der Waals surface area contributed by atoms with Crippen molar-refractivity contribution in [2.45, 2.75) is 12.2 Å². The van der Waals surface area contributed by atoms with E-state index in [-0.39, 0.29) is 0 Å². The second kappa shape index (κ2) is 3.41. The summed E-state index contributed by atoms with van der Waals surface area (Å²) in [5.41, 5.74) is 0. The van der Waals surface area contributed by atoms with Gasteiger partial charge in [0.05, 0.1) is 12.2 Å². The molecule has 0 amide bonds. The van der Waals surface area contributed by atoms with E-state index in [9.17, 15) is 0 Å². The molecule has 2 unspecified atom stereocenters. The van der Waals surface area contributed by atoms with Crippen molar-refractivity contribution in [3.05, 3.63) is 6.92 Å². The Kier molecular flexibility index (Phi) is 3.60. The largest absolute Gasteiger partial charge is 0.390 e. The highest BCUT2D eigenvalue weighted by Gasteiger charge is 2.06. The van der Waals surface area contributed by atoms with E-state index in [1.165, 1.54) is 0 Å². The van der Waals surface area contributed by atoms with Crippen LogP contribution >= 0.6 is 15.9 Å². The van der Waals surface area contributed by atoms with Gasteiger partial charge in [-0.05, 0) is 6.92 Å². The Hall–Kier alpha value is 0.400. The second-order valence-electron chi connectivity index (χ2n) is 1.29. The van der Waals surface area contributed by atoms with Crippen molar-refractivity contribution in [1.29, 1.82) is 0 Å². The Morgan fingerprint density at radius 1 is 1.57 bits per heavy atom. The molecule has 1 radical (unpaired) electrons. The van der Waals surface area contributed by atoms with Crippen molar-refractivity contribution in [3.8, 4) is 0 Å². The molecule has 0 spiro atoms. The average Bonchev–Trinajstić information content (AvgIpc) is 1.65. The van der Waals surface area contributed by atoms with E-state index in [0.717, 1.165) is 0 Å². The summed E-state index contributed by atoms with van der Waals surface area (Å²) in [6.07, 6.45) is -1.61. The number of rotatable bonds is 2. The summed E-state index contributed by atoms with van der Waals surface area (Å²) in [5, 5.41) is 17.4. The minimum atomic E-state index is -0.876. The lowest BCUT2D eigenvalue weighted by molar-refractivity contribution is 0.0641. The molecule has 0 rings (SSSR count). The van der Waals surface area contributed by atoms with Gasteiger partial charge in [0.1, 0.15) is 0 Å². The fourth-order valence-corrected chi connectivity index (χ4v) is 0.534. The summed E-state index contributed by atoms with van der Waals surface area (Å²) in [5.74, 6) is 0. The van der Waals surface area contributed by atoms with Gasteiger partial charge in [-0.1, -0.05) is 15.9 Å². The first-order chi connectivity index (χ1) is 3.18. The Labute approximate surface area is 51.3 Å². The lowest BCUT2D eigenvalue weighted by Gasteiger charge is -2.07. The van der Waals surface area contributed by atoms with Crippen molar-refractivity contribution < 1.29 is 10.2 Å². The molecule has 0 heterocycles. The van der Waals surface area contributed by atoms with Crippen molar-refractivity contribution in [2.24, 2.45) is 0 Å². The number of hydrogen-bond donors (Lipinski definition) is 2. The maximum absolute atomic E-state index is 8.58. The molecular formula is C4H8BrO2. The molecule has 3 heteroatoms. The third-order valence-electron chi connectivity index (χ3n) is 0.602. The lowest BCUT2D eigenvalue weighted by atomic mass is 10.3. The fraction of sp³-hybridized carbons (Fsp3) is 0.750. The van der Waals surface area contributed by atoms with Crippen LogP contribution in [-0.4, -0.2) is 27.8 Å². The molecule has 0 saturated heterocycles. The summed E-state index contributed by atoms with van der Waals surface area (Å²) >= 11 is 2.97. The van der Waals surface area contributed by atoms with E-state index in [0.29, 0.717) is 5.33 Å². The lowest BCUT2D eigenvalue weighted by Crippen LogP contribution is -2.23. The molecule has 0 saturated carbocycles. The molecule has 0 aromatic rings. The van der Waals surface area contributed by atoms with Crippen LogP contribution in [0.1, 0.15) is 0 Å². The van der Waals surface area contributed by atoms with Gasteiger partial charge in [0.25, 0.3) is 0 Å². The van der Waals surface area contributed by atoms with Gasteiger partial charge >= 0.3 is 0 Å². The number of hydrogen-bond acceptors (Lipinski definition) is 2. The molecule has 0 aliphatic carbocycles. The predicted octanol–water partition coefficient (Wildman–Crippen LogP) is -0.0628. The van der Waals surface area contributed by atoms with E-state index >= 15 is 0 Å². The number of aliphatic hydroxyl groups is 2. The topological polar surface area (TPSA) is 40.5 Å². The smallest absolute Gasteiger partial charge is 0.0895 e. The van der Waals surface area contributed by atoms with E-state index in [2.05, 4.69) is 22.9 Å². The van der Waals surface area contributed by atoms with Gasteiger partial charge in [0.15, 0.2) is 0 Å². The van der Waals surface area contributed by atoms with Crippen LogP contribution < -0.4 is 0 Å². The zero-order valence-corrected chi connectivity index (χ0v) is 5.43. The van der Waals surface area contributed by atoms with Crippen molar-refractivity contribution in [1.82, 2.24) is 0 Å². The molecule has 43 valence electrons. The molecular weight excluding hydrogens is 160 g/mol. The van der Waals surface area contributed by atoms with Crippen LogP contribution in [0.4, 0.5) is 0 Å². The molecule has 7 heavy (non-hydrogen) atoms. The summed E-state index contributed by atoms with van der Waals surface area (Å²) in [7, 11) is 0. The fourth-order valence-electron chi connectivity index (χ4n) is 0.103. The third-order valence-corrected chi connectivity index (χ3v) is 1.27. The Morgan fingerprint density at radius 2 is 2.00 bits per heavy atom. The Balaban J connectivity index is 3.14. The summed E-state index contributed by atoms with van der Waals surface area (Å²) in [4.78, 5) is 0. The van der Waals surface area contributed by atoms with E-state index in [1.807, 2.05) is 0 Å². The normalized spacial score (nSPS) is 18.9. The zero-order chi connectivity index (χ0) is 5.86. The van der Waals surface area contributed by atoms with Gasteiger partial charge in [-0.15, -0.1) is 0 Å². The highest BCUT2D eigenvalue weighted by Crippen LogP contribution is 1.94. The van der Waals surface area contributed by atoms with Crippen LogP contribution in [0.3, 0.4) is 0 Å². The van der Waals surface area contributed by atoms with Gasteiger partial charge in [0.2, 0.25) is 0 Å². The van der Waals surface area contributed by atoms with Gasteiger partial charge in [0, 0.05) is 5.33 Å². The van der Waals surface area contributed by atoms with Gasteiger partial charge < -0.3 is 10.2 Å². The summed E-state index contributed by atoms with van der Waals surface area (Å²) < 4.78 is 0. The molecule has 0 aromatic heterocycles. The third kappa shape index (κ3) is 3.02. The first-order valence-electron chi connectivity index (χ1n) is 1.93. The van der Waals surface area contributed by atoms with Crippen LogP contribution in [0.25, 0.3) is 0 Å². The Morgan fingerprint density at radius 3 is 2.00 bits per heavy atom. The SMILES string of the molecule is [CH2]C(O)C(O)CBr. The number of alkyl halides is 1. The van der Waals surface area contributed by atoms with Crippen LogP contribution in [-0.2, 0) is 0 Å². The molecule has 0 aromatic carbocycles. The first kappa shape index (κ1) is 7.40. The molecule has 2 N–H and O–H groups in total. The monoisotopic (exact) mass is 167 g/mol. The standard InChI is InChI=1S/C4H8BrO2/c1-3(6)4(7)2-5/h3-4,6-7H,1-2H2. The molecule has 2 nitrogen and oxygen atoms in total. The Bertz CT molecular complexity index is 47.0. The van der Waals surface area contributed by atoms with Crippen molar-refractivity contribution in [3.63, 3.8) is 0 Å². The van der Waals surface area contributed by atoms with Gasteiger partial charge in [-0.3, -0.25) is 0 Å². The molecule has 2 atom stereocenters. The molecule has 0 fully saturated rings. The number of aliphatic hydroxyl groups excluding tert-OH is 2. The van der Waals surface area contributed by atoms with Crippen molar-refractivity contribution >= 4 is 15.9 Å². The van der Waals surface area contributed by atoms with Crippen LogP contribution in [0.15, 0.2) is 0 Å². The summed E-state index contributed by atoms with van der Waals surface area (Å²) in [6, 6.07) is 0. The number of halogens is 1. The quantitative estimate of drug-likeness (QED) is 0.567. The van der Waals surface area contributed by atoms with Crippen LogP contribution in [0.5, 0.6) is 0 Å². The van der Waals surface area contributed by atoms with Crippen LogP contribution in [0.2, 0.25) is 0 Å². The highest BCUT2D eigenvalue weighted by atomic mass is 79.9. The highest BCUT2D eigenvalue weighted by molar-refractivity contribution is 9.09. The average molecular weight is 168 g/mol. The van der Waals surface area contributed by atoms with Crippen molar-refractivity contribution in [2.75, 3.05) is 5.33 Å². The zero-order valence-electron chi connectivity index (χ0n) is 3.84. The van der Waals surface area contributed by atoms with Gasteiger partial charge in [-0.25, -0.2) is 0 Å². The minimum Gasteiger partial charge on any atom is -0.390 e. The van der Waals surface area contributed by atoms with E-state index < -0.39 is 12.2 Å². The maximum Gasteiger partial charge on any atom is 0.0895 e. The predicted molar refractivity (Wildman–Crippen MR) is 31.2 cm³/mol. The second-order valence-corrected chi connectivity index (χ2v) is 1.94. The molecule has 0 bridgehead atoms. The minimum absolute atomic E-state index is 0.373. The van der Waals surface area contributed by atoms with Crippen LogP contribution in [0, 0.1) is 6.92 Å². The summed E-state index contributed by atoms with van der Waals surface area (Å²) in [6.45, 7) is 3.18. The molecule has 0 aliphatic rings.